The highest BCUT2D eigenvalue weighted by Gasteiger charge is 2.26. The third-order valence-corrected chi connectivity index (χ3v) is 4.10. The van der Waals surface area contributed by atoms with Crippen LogP contribution >= 0.6 is 0 Å². The molecule has 1 saturated heterocycles. The molecule has 0 radical (unpaired) electrons. The molecule has 0 unspecified atom stereocenters. The highest BCUT2D eigenvalue weighted by Crippen LogP contribution is 2.23. The SMILES string of the molecule is O=C(O)CC1CCN(C(=O)c2ccccc2-n2cnnn2)CC1. The molecule has 2 aromatic rings. The average molecular weight is 315 g/mol. The zero-order chi connectivity index (χ0) is 16.2. The van der Waals surface area contributed by atoms with Gasteiger partial charge in [0.1, 0.15) is 6.33 Å². The summed E-state index contributed by atoms with van der Waals surface area (Å²) in [4.78, 5) is 25.3. The number of hydrogen-bond acceptors (Lipinski definition) is 5. The monoisotopic (exact) mass is 315 g/mol. The fourth-order valence-corrected chi connectivity index (χ4v) is 2.88. The number of aliphatic carboxylic acids is 1. The molecule has 1 aromatic carbocycles. The maximum Gasteiger partial charge on any atom is 0.303 e. The smallest absolute Gasteiger partial charge is 0.303 e. The summed E-state index contributed by atoms with van der Waals surface area (Å²) in [7, 11) is 0. The molecule has 1 aliphatic heterocycles. The summed E-state index contributed by atoms with van der Waals surface area (Å²) in [6.07, 6.45) is 3.05. The van der Waals surface area contributed by atoms with Gasteiger partial charge in [-0.3, -0.25) is 9.59 Å². The van der Waals surface area contributed by atoms with Crippen molar-refractivity contribution < 1.29 is 14.7 Å². The number of carbonyl (C=O) groups is 2. The number of rotatable bonds is 4. The number of carbonyl (C=O) groups excluding carboxylic acids is 1. The van der Waals surface area contributed by atoms with Gasteiger partial charge in [0.25, 0.3) is 5.91 Å². The van der Waals surface area contributed by atoms with Crippen molar-refractivity contribution in [3.63, 3.8) is 0 Å². The molecule has 8 heteroatoms. The van der Waals surface area contributed by atoms with E-state index < -0.39 is 5.97 Å². The lowest BCUT2D eigenvalue weighted by molar-refractivity contribution is -0.138. The number of piperidine rings is 1. The zero-order valence-corrected chi connectivity index (χ0v) is 12.5. The molecule has 1 amide bonds. The topological polar surface area (TPSA) is 101 Å². The third-order valence-electron chi connectivity index (χ3n) is 4.10. The quantitative estimate of drug-likeness (QED) is 0.903. The van der Waals surface area contributed by atoms with Gasteiger partial charge in [0.05, 0.1) is 11.3 Å². The number of benzene rings is 1. The minimum absolute atomic E-state index is 0.0788. The predicted octanol–water partition coefficient (Wildman–Crippen LogP) is 0.989. The lowest BCUT2D eigenvalue weighted by Gasteiger charge is -2.31. The number of hydrogen-bond donors (Lipinski definition) is 1. The van der Waals surface area contributed by atoms with E-state index in [0.29, 0.717) is 37.2 Å². The number of carboxylic acid groups (broad SMARTS) is 1. The van der Waals surface area contributed by atoms with E-state index in [9.17, 15) is 9.59 Å². The van der Waals surface area contributed by atoms with Crippen molar-refractivity contribution in [1.29, 1.82) is 0 Å². The largest absolute Gasteiger partial charge is 0.481 e. The van der Waals surface area contributed by atoms with Crippen LogP contribution in [-0.2, 0) is 4.79 Å². The summed E-state index contributed by atoms with van der Waals surface area (Å²) in [5.41, 5.74) is 1.17. The summed E-state index contributed by atoms with van der Waals surface area (Å²) in [5, 5.41) is 19.9. The summed E-state index contributed by atoms with van der Waals surface area (Å²) < 4.78 is 1.46. The van der Waals surface area contributed by atoms with E-state index in [1.807, 2.05) is 6.07 Å². The molecule has 120 valence electrons. The second kappa shape index (κ2) is 6.55. The van der Waals surface area contributed by atoms with E-state index in [2.05, 4.69) is 15.5 Å². The van der Waals surface area contributed by atoms with Crippen molar-refractivity contribution in [2.24, 2.45) is 5.92 Å². The number of tetrazole rings is 1. The Balaban J connectivity index is 1.74. The van der Waals surface area contributed by atoms with Crippen molar-refractivity contribution in [3.8, 4) is 5.69 Å². The van der Waals surface area contributed by atoms with E-state index in [-0.39, 0.29) is 18.2 Å². The Hall–Kier alpha value is -2.77. The van der Waals surface area contributed by atoms with Crippen LogP contribution in [0.25, 0.3) is 5.69 Å². The summed E-state index contributed by atoms with van der Waals surface area (Å²) in [6, 6.07) is 7.18. The highest BCUT2D eigenvalue weighted by molar-refractivity contribution is 5.97. The minimum Gasteiger partial charge on any atom is -0.481 e. The molecule has 23 heavy (non-hydrogen) atoms. The van der Waals surface area contributed by atoms with Crippen LogP contribution in [0.2, 0.25) is 0 Å². The number of para-hydroxylation sites is 1. The molecule has 1 aliphatic rings. The molecule has 8 nitrogen and oxygen atoms in total. The van der Waals surface area contributed by atoms with Crippen molar-refractivity contribution in [3.05, 3.63) is 36.2 Å². The average Bonchev–Trinajstić information content (AvgIpc) is 3.09. The van der Waals surface area contributed by atoms with Gasteiger partial charge in [0.15, 0.2) is 0 Å². The minimum atomic E-state index is -0.779. The van der Waals surface area contributed by atoms with Crippen molar-refractivity contribution in [1.82, 2.24) is 25.1 Å². The van der Waals surface area contributed by atoms with Crippen LogP contribution in [0.1, 0.15) is 29.6 Å². The molecule has 0 atom stereocenters. The molecule has 3 rings (SSSR count). The third kappa shape index (κ3) is 3.36. The molecular weight excluding hydrogens is 298 g/mol. The Morgan fingerprint density at radius 2 is 1.96 bits per heavy atom. The van der Waals surface area contributed by atoms with Crippen LogP contribution in [0.3, 0.4) is 0 Å². The molecule has 1 N–H and O–H groups in total. The Bertz CT molecular complexity index is 693. The maximum absolute atomic E-state index is 12.8. The molecule has 2 heterocycles. The zero-order valence-electron chi connectivity index (χ0n) is 12.5. The first-order valence-electron chi connectivity index (χ1n) is 7.48. The van der Waals surface area contributed by atoms with Gasteiger partial charge in [-0.25, -0.2) is 0 Å². The van der Waals surface area contributed by atoms with Crippen LogP contribution in [0.5, 0.6) is 0 Å². The van der Waals surface area contributed by atoms with Crippen LogP contribution in [0.15, 0.2) is 30.6 Å². The molecule has 0 bridgehead atoms. The molecule has 1 aromatic heterocycles. The van der Waals surface area contributed by atoms with E-state index in [0.717, 1.165) is 0 Å². The van der Waals surface area contributed by atoms with E-state index >= 15 is 0 Å². The Morgan fingerprint density at radius 3 is 2.61 bits per heavy atom. The molecular formula is C15H17N5O3. The van der Waals surface area contributed by atoms with Crippen LogP contribution in [0, 0.1) is 5.92 Å². The van der Waals surface area contributed by atoms with E-state index in [4.69, 9.17) is 5.11 Å². The van der Waals surface area contributed by atoms with Gasteiger partial charge in [0.2, 0.25) is 0 Å². The Kier molecular flexibility index (Phi) is 4.31. The maximum atomic E-state index is 12.8. The number of amides is 1. The summed E-state index contributed by atoms with van der Waals surface area (Å²) in [5.74, 6) is -0.713. The normalized spacial score (nSPS) is 15.6. The summed E-state index contributed by atoms with van der Waals surface area (Å²) in [6.45, 7) is 1.14. The lowest BCUT2D eigenvalue weighted by atomic mass is 9.93. The Morgan fingerprint density at radius 1 is 1.22 bits per heavy atom. The first-order valence-corrected chi connectivity index (χ1v) is 7.48. The molecule has 0 saturated carbocycles. The molecule has 0 aliphatic carbocycles. The van der Waals surface area contributed by atoms with E-state index in [1.54, 1.807) is 23.1 Å². The summed E-state index contributed by atoms with van der Waals surface area (Å²) >= 11 is 0. The fourth-order valence-electron chi connectivity index (χ4n) is 2.88. The van der Waals surface area contributed by atoms with Gasteiger partial charge in [-0.05, 0) is 41.3 Å². The Labute approximate surface area is 132 Å². The first kappa shape index (κ1) is 15.1. The standard InChI is InChI=1S/C15H17N5O3/c21-14(22)9-11-5-7-19(8-6-11)15(23)12-3-1-2-4-13(12)20-10-16-17-18-20/h1-4,10-11H,5-9H2,(H,21,22). The predicted molar refractivity (Wildman–Crippen MR) is 80.0 cm³/mol. The second-order valence-corrected chi connectivity index (χ2v) is 5.60. The van der Waals surface area contributed by atoms with Crippen LogP contribution < -0.4 is 0 Å². The number of carboxylic acids is 1. The molecule has 1 fully saturated rings. The van der Waals surface area contributed by atoms with Crippen LogP contribution in [-0.4, -0.2) is 55.2 Å². The van der Waals surface area contributed by atoms with Gasteiger partial charge >= 0.3 is 5.97 Å². The van der Waals surface area contributed by atoms with Crippen molar-refractivity contribution in [2.75, 3.05) is 13.1 Å². The van der Waals surface area contributed by atoms with Gasteiger partial charge < -0.3 is 10.0 Å². The van der Waals surface area contributed by atoms with E-state index in [1.165, 1.54) is 11.0 Å². The van der Waals surface area contributed by atoms with Crippen molar-refractivity contribution >= 4 is 11.9 Å². The van der Waals surface area contributed by atoms with Gasteiger partial charge in [-0.2, -0.15) is 4.68 Å². The van der Waals surface area contributed by atoms with Gasteiger partial charge in [-0.1, -0.05) is 12.1 Å². The number of nitrogens with zero attached hydrogens (tertiary/aromatic N) is 5. The van der Waals surface area contributed by atoms with Crippen molar-refractivity contribution in [2.45, 2.75) is 19.3 Å². The lowest BCUT2D eigenvalue weighted by Crippen LogP contribution is -2.39. The number of likely N-dealkylation sites (tertiary alicyclic amines) is 1. The first-order chi connectivity index (χ1) is 11.1. The van der Waals surface area contributed by atoms with Crippen LogP contribution in [0.4, 0.5) is 0 Å². The highest BCUT2D eigenvalue weighted by atomic mass is 16.4. The van der Waals surface area contributed by atoms with Gasteiger partial charge in [0, 0.05) is 19.5 Å². The van der Waals surface area contributed by atoms with Gasteiger partial charge in [-0.15, -0.1) is 5.10 Å². The fraction of sp³-hybridized carbons (Fsp3) is 0.400. The second-order valence-electron chi connectivity index (χ2n) is 5.60. The molecule has 0 spiro atoms. The number of aromatic nitrogens is 4.